The number of ether oxygens (including phenoxy) is 1. The molecule has 1 nitrogen and oxygen atoms in total. The molecular formula is C30H46O. The lowest BCUT2D eigenvalue weighted by Gasteiger charge is -2.37. The van der Waals surface area contributed by atoms with Gasteiger partial charge in [-0.2, -0.15) is 0 Å². The van der Waals surface area contributed by atoms with E-state index in [0.29, 0.717) is 5.92 Å². The number of hydrogen-bond acceptors (Lipinski definition) is 1. The van der Waals surface area contributed by atoms with Crippen LogP contribution >= 0.6 is 0 Å². The molecule has 172 valence electrons. The summed E-state index contributed by atoms with van der Waals surface area (Å²) in [6.45, 7) is 5.23. The van der Waals surface area contributed by atoms with Crippen LogP contribution in [0.1, 0.15) is 116 Å². The molecule has 0 atom stereocenters. The zero-order valence-corrected chi connectivity index (χ0v) is 20.3. The fourth-order valence-corrected chi connectivity index (χ4v) is 5.76. The molecule has 2 aliphatic rings. The fraction of sp³-hybridized carbons (Fsp3) is 0.733. The fourth-order valence-electron chi connectivity index (χ4n) is 5.76. The molecule has 0 bridgehead atoms. The van der Waals surface area contributed by atoms with Gasteiger partial charge < -0.3 is 4.74 Å². The largest absolute Gasteiger partial charge is 0.494 e. The summed E-state index contributed by atoms with van der Waals surface area (Å²) in [5.74, 6) is 11.6. The van der Waals surface area contributed by atoms with E-state index < -0.39 is 0 Å². The molecule has 1 aromatic carbocycles. The molecule has 0 unspecified atom stereocenters. The monoisotopic (exact) mass is 422 g/mol. The highest BCUT2D eigenvalue weighted by Crippen LogP contribution is 2.42. The third kappa shape index (κ3) is 8.56. The van der Waals surface area contributed by atoms with Gasteiger partial charge >= 0.3 is 0 Å². The maximum atomic E-state index is 5.67. The Kier molecular flexibility index (Phi) is 10.8. The first-order valence-corrected chi connectivity index (χ1v) is 13.5. The van der Waals surface area contributed by atoms with Crippen LogP contribution in [0.25, 0.3) is 0 Å². The molecule has 2 saturated carbocycles. The summed E-state index contributed by atoms with van der Waals surface area (Å²) in [5.41, 5.74) is 1.12. The maximum absolute atomic E-state index is 5.67. The second-order valence-electron chi connectivity index (χ2n) is 10.2. The molecule has 31 heavy (non-hydrogen) atoms. The molecular weight excluding hydrogens is 376 g/mol. The van der Waals surface area contributed by atoms with Gasteiger partial charge in [0.05, 0.1) is 6.61 Å². The molecule has 0 N–H and O–H groups in total. The molecule has 2 aliphatic carbocycles. The molecule has 3 rings (SSSR count). The zero-order chi connectivity index (χ0) is 21.7. The third-order valence-electron chi connectivity index (χ3n) is 7.79. The van der Waals surface area contributed by atoms with Gasteiger partial charge in [0.25, 0.3) is 0 Å². The van der Waals surface area contributed by atoms with Gasteiger partial charge in [-0.05, 0) is 87.0 Å². The van der Waals surface area contributed by atoms with E-state index >= 15 is 0 Å². The minimum Gasteiger partial charge on any atom is -0.494 e. The highest BCUT2D eigenvalue weighted by molar-refractivity contribution is 5.38. The first kappa shape index (κ1) is 24.2. The van der Waals surface area contributed by atoms with Crippen LogP contribution in [-0.4, -0.2) is 6.61 Å². The van der Waals surface area contributed by atoms with E-state index in [4.69, 9.17) is 4.74 Å². The molecule has 1 heteroatoms. The summed E-state index contributed by atoms with van der Waals surface area (Å²) in [4.78, 5) is 0. The Hall–Kier alpha value is -1.42. The molecule has 0 radical (unpaired) electrons. The summed E-state index contributed by atoms with van der Waals surface area (Å²) < 4.78 is 5.67. The minimum atomic E-state index is 0.603. The van der Waals surface area contributed by atoms with Crippen LogP contribution in [0, 0.1) is 35.5 Å². The van der Waals surface area contributed by atoms with E-state index in [0.717, 1.165) is 42.1 Å². The molecule has 2 fully saturated rings. The van der Waals surface area contributed by atoms with E-state index in [1.165, 1.54) is 89.9 Å². The van der Waals surface area contributed by atoms with E-state index in [1.54, 1.807) is 0 Å². The van der Waals surface area contributed by atoms with Gasteiger partial charge in [-0.3, -0.25) is 0 Å². The Bertz CT molecular complexity index is 648. The van der Waals surface area contributed by atoms with Gasteiger partial charge in [-0.25, -0.2) is 0 Å². The molecule has 0 aliphatic heterocycles. The van der Waals surface area contributed by atoms with Crippen molar-refractivity contribution in [1.29, 1.82) is 0 Å². The van der Waals surface area contributed by atoms with Crippen molar-refractivity contribution < 1.29 is 4.74 Å². The Morgan fingerprint density at radius 3 is 2.03 bits per heavy atom. The van der Waals surface area contributed by atoms with Crippen LogP contribution in [0.3, 0.4) is 0 Å². The Morgan fingerprint density at radius 2 is 1.39 bits per heavy atom. The van der Waals surface area contributed by atoms with Crippen molar-refractivity contribution in [3.8, 4) is 17.6 Å². The average molecular weight is 423 g/mol. The number of unbranched alkanes of at least 4 members (excludes halogenated alkanes) is 4. The van der Waals surface area contributed by atoms with Gasteiger partial charge in [-0.1, -0.05) is 77.1 Å². The average Bonchev–Trinajstić information content (AvgIpc) is 2.83. The first-order chi connectivity index (χ1) is 15.3. The highest BCUT2D eigenvalue weighted by atomic mass is 16.5. The van der Waals surface area contributed by atoms with Crippen LogP contribution < -0.4 is 4.74 Å². The van der Waals surface area contributed by atoms with Crippen molar-refractivity contribution in [3.05, 3.63) is 29.8 Å². The van der Waals surface area contributed by atoms with Gasteiger partial charge in [0, 0.05) is 11.5 Å². The van der Waals surface area contributed by atoms with E-state index in [1.807, 2.05) is 0 Å². The highest BCUT2D eigenvalue weighted by Gasteiger charge is 2.30. The van der Waals surface area contributed by atoms with E-state index in [-0.39, 0.29) is 0 Å². The maximum Gasteiger partial charge on any atom is 0.119 e. The van der Waals surface area contributed by atoms with Crippen LogP contribution in [0.5, 0.6) is 5.75 Å². The van der Waals surface area contributed by atoms with Crippen molar-refractivity contribution >= 4 is 0 Å². The SMILES string of the molecule is CCCCCCC[C@H]1CC[C@H]([C@H]2CC[C@H](C#Cc3ccc(OCCC)cc3)CC2)CC1. The van der Waals surface area contributed by atoms with Crippen LogP contribution in [0.15, 0.2) is 24.3 Å². The van der Waals surface area contributed by atoms with E-state index in [9.17, 15) is 0 Å². The molecule has 0 saturated heterocycles. The smallest absolute Gasteiger partial charge is 0.119 e. The second kappa shape index (κ2) is 13.9. The first-order valence-electron chi connectivity index (χ1n) is 13.5. The number of benzene rings is 1. The quantitative estimate of drug-likeness (QED) is 0.270. The Morgan fingerprint density at radius 1 is 0.742 bits per heavy atom. The number of rotatable bonds is 10. The van der Waals surface area contributed by atoms with Crippen LogP contribution in [0.4, 0.5) is 0 Å². The van der Waals surface area contributed by atoms with Crippen LogP contribution in [0.2, 0.25) is 0 Å². The Labute approximate surface area is 192 Å². The summed E-state index contributed by atoms with van der Waals surface area (Å²) in [7, 11) is 0. The normalized spacial score (nSPS) is 26.1. The predicted molar refractivity (Wildman–Crippen MR) is 133 cm³/mol. The van der Waals surface area contributed by atoms with E-state index in [2.05, 4.69) is 50.0 Å². The lowest BCUT2D eigenvalue weighted by molar-refractivity contribution is 0.153. The van der Waals surface area contributed by atoms with Gasteiger partial charge in [0.15, 0.2) is 0 Å². The molecule has 0 spiro atoms. The van der Waals surface area contributed by atoms with Crippen molar-refractivity contribution in [2.45, 2.75) is 110 Å². The summed E-state index contributed by atoms with van der Waals surface area (Å²) in [6.07, 6.45) is 21.2. The Balaban J connectivity index is 1.33. The summed E-state index contributed by atoms with van der Waals surface area (Å²) in [5, 5.41) is 0. The summed E-state index contributed by atoms with van der Waals surface area (Å²) >= 11 is 0. The zero-order valence-electron chi connectivity index (χ0n) is 20.3. The third-order valence-corrected chi connectivity index (χ3v) is 7.79. The van der Waals surface area contributed by atoms with Gasteiger partial charge in [0.1, 0.15) is 5.75 Å². The second-order valence-corrected chi connectivity index (χ2v) is 10.2. The molecule has 0 amide bonds. The van der Waals surface area contributed by atoms with Gasteiger partial charge in [0.2, 0.25) is 0 Å². The van der Waals surface area contributed by atoms with Crippen molar-refractivity contribution in [2.24, 2.45) is 23.7 Å². The molecule has 1 aromatic rings. The lowest BCUT2D eigenvalue weighted by Crippen LogP contribution is -2.25. The topological polar surface area (TPSA) is 9.23 Å². The van der Waals surface area contributed by atoms with Crippen molar-refractivity contribution in [1.82, 2.24) is 0 Å². The standard InChI is InChI=1S/C30H46O/c1-3-5-6-7-8-9-25-12-18-28(19-13-25)29-20-14-26(15-21-29)10-11-27-16-22-30(23-17-27)31-24-4-2/h16-17,22-23,25-26,28-29H,3-9,12-15,18-21,24H2,1-2H3/t25-,26-,28-,29-. The molecule has 0 aromatic heterocycles. The number of hydrogen-bond donors (Lipinski definition) is 0. The lowest BCUT2D eigenvalue weighted by atomic mass is 9.69. The van der Waals surface area contributed by atoms with Gasteiger partial charge in [-0.15, -0.1) is 0 Å². The minimum absolute atomic E-state index is 0.603. The predicted octanol–water partition coefficient (Wildman–Crippen LogP) is 8.80. The molecule has 0 heterocycles. The van der Waals surface area contributed by atoms with Crippen LogP contribution in [-0.2, 0) is 0 Å². The van der Waals surface area contributed by atoms with Crippen molar-refractivity contribution in [2.75, 3.05) is 6.61 Å². The summed E-state index contributed by atoms with van der Waals surface area (Å²) in [6, 6.07) is 8.31. The van der Waals surface area contributed by atoms with Crippen molar-refractivity contribution in [3.63, 3.8) is 0 Å².